The van der Waals surface area contributed by atoms with Crippen molar-refractivity contribution < 1.29 is 24.2 Å². The van der Waals surface area contributed by atoms with Crippen molar-refractivity contribution in [3.05, 3.63) is 125 Å². The molecule has 3 aromatic rings. The Balaban J connectivity index is 1.90. The lowest BCUT2D eigenvalue weighted by molar-refractivity contribution is -0.143. The molecular formula is C27H22O5. The van der Waals surface area contributed by atoms with Gasteiger partial charge in [0.15, 0.2) is 11.5 Å². The normalized spacial score (nSPS) is 16.5. The Labute approximate surface area is 186 Å². The average Bonchev–Trinajstić information content (AvgIpc) is 3.11. The quantitative estimate of drug-likeness (QED) is 0.553. The predicted octanol–water partition coefficient (Wildman–Crippen LogP) is 5.14. The van der Waals surface area contributed by atoms with Crippen molar-refractivity contribution in [1.82, 2.24) is 0 Å². The maximum absolute atomic E-state index is 13.0. The SMILES string of the molecule is COC(=O)[C@H](c1ccccc1)[C@@H](C1=C(O)/C(=C\c2ccccc2)OC1=O)c1ccccc1. The van der Waals surface area contributed by atoms with E-state index in [1.165, 1.54) is 7.11 Å². The van der Waals surface area contributed by atoms with E-state index in [0.29, 0.717) is 11.1 Å². The molecule has 0 radical (unpaired) electrons. The van der Waals surface area contributed by atoms with Crippen LogP contribution in [0.1, 0.15) is 28.5 Å². The topological polar surface area (TPSA) is 72.8 Å². The van der Waals surface area contributed by atoms with Gasteiger partial charge in [0, 0.05) is 5.92 Å². The molecule has 0 aromatic heterocycles. The molecule has 0 bridgehead atoms. The molecule has 1 heterocycles. The summed E-state index contributed by atoms with van der Waals surface area (Å²) in [5.41, 5.74) is 2.15. The highest BCUT2D eigenvalue weighted by molar-refractivity contribution is 5.98. The number of ether oxygens (including phenoxy) is 2. The van der Waals surface area contributed by atoms with Crippen LogP contribution in [0.2, 0.25) is 0 Å². The first-order valence-corrected chi connectivity index (χ1v) is 10.2. The van der Waals surface area contributed by atoms with Gasteiger partial charge in [0.1, 0.15) is 0 Å². The number of esters is 2. The number of carbonyl (C=O) groups is 2. The Morgan fingerprint density at radius 3 is 1.97 bits per heavy atom. The Hall–Kier alpha value is -4.12. The highest BCUT2D eigenvalue weighted by Crippen LogP contribution is 2.44. The van der Waals surface area contributed by atoms with Gasteiger partial charge in [-0.3, -0.25) is 4.79 Å². The monoisotopic (exact) mass is 426 g/mol. The zero-order valence-corrected chi connectivity index (χ0v) is 17.5. The molecule has 32 heavy (non-hydrogen) atoms. The van der Waals surface area contributed by atoms with Gasteiger partial charge in [-0.2, -0.15) is 0 Å². The fourth-order valence-electron chi connectivity index (χ4n) is 3.94. The van der Waals surface area contributed by atoms with E-state index in [9.17, 15) is 14.7 Å². The Morgan fingerprint density at radius 1 is 0.875 bits per heavy atom. The second-order valence-electron chi connectivity index (χ2n) is 7.37. The third kappa shape index (κ3) is 4.18. The third-order valence-corrected chi connectivity index (χ3v) is 5.43. The van der Waals surface area contributed by atoms with Gasteiger partial charge < -0.3 is 14.6 Å². The number of methoxy groups -OCH3 is 1. The first-order valence-electron chi connectivity index (χ1n) is 10.2. The lowest BCUT2D eigenvalue weighted by atomic mass is 9.76. The summed E-state index contributed by atoms with van der Waals surface area (Å²) in [4.78, 5) is 26.0. The summed E-state index contributed by atoms with van der Waals surface area (Å²) in [5, 5.41) is 11.1. The molecule has 0 saturated heterocycles. The van der Waals surface area contributed by atoms with Crippen molar-refractivity contribution in [2.24, 2.45) is 0 Å². The van der Waals surface area contributed by atoms with E-state index in [4.69, 9.17) is 9.47 Å². The molecule has 1 N–H and O–H groups in total. The summed E-state index contributed by atoms with van der Waals surface area (Å²) in [7, 11) is 1.31. The van der Waals surface area contributed by atoms with Gasteiger partial charge in [0.2, 0.25) is 0 Å². The molecule has 0 aliphatic carbocycles. The summed E-state index contributed by atoms with van der Waals surface area (Å²) in [6.07, 6.45) is 1.60. The number of hydrogen-bond acceptors (Lipinski definition) is 5. The van der Waals surface area contributed by atoms with Gasteiger partial charge in [-0.1, -0.05) is 91.0 Å². The van der Waals surface area contributed by atoms with Crippen molar-refractivity contribution in [2.45, 2.75) is 11.8 Å². The molecule has 0 unspecified atom stereocenters. The van der Waals surface area contributed by atoms with Crippen LogP contribution in [0, 0.1) is 0 Å². The van der Waals surface area contributed by atoms with Gasteiger partial charge in [-0.05, 0) is 22.8 Å². The van der Waals surface area contributed by atoms with Gasteiger partial charge in [-0.25, -0.2) is 4.79 Å². The van der Waals surface area contributed by atoms with E-state index in [2.05, 4.69) is 0 Å². The molecule has 0 saturated carbocycles. The molecule has 1 aliphatic rings. The minimum Gasteiger partial charge on any atom is -0.504 e. The van der Waals surface area contributed by atoms with Crippen LogP contribution in [0.4, 0.5) is 0 Å². The second-order valence-corrected chi connectivity index (χ2v) is 7.37. The van der Waals surface area contributed by atoms with Gasteiger partial charge in [0.25, 0.3) is 0 Å². The summed E-state index contributed by atoms with van der Waals surface area (Å²) < 4.78 is 10.5. The van der Waals surface area contributed by atoms with Gasteiger partial charge in [-0.15, -0.1) is 0 Å². The van der Waals surface area contributed by atoms with E-state index in [1.54, 1.807) is 18.2 Å². The van der Waals surface area contributed by atoms with Crippen LogP contribution in [0.5, 0.6) is 0 Å². The van der Waals surface area contributed by atoms with Crippen LogP contribution in [0.25, 0.3) is 6.08 Å². The number of cyclic esters (lactones) is 1. The fourth-order valence-corrected chi connectivity index (χ4v) is 3.94. The Morgan fingerprint density at radius 2 is 1.41 bits per heavy atom. The molecule has 0 spiro atoms. The minimum absolute atomic E-state index is 0.0256. The number of benzene rings is 3. The van der Waals surface area contributed by atoms with Gasteiger partial charge >= 0.3 is 11.9 Å². The molecule has 2 atom stereocenters. The van der Waals surface area contributed by atoms with Crippen LogP contribution >= 0.6 is 0 Å². The molecule has 4 rings (SSSR count). The molecule has 5 nitrogen and oxygen atoms in total. The zero-order chi connectivity index (χ0) is 22.5. The van der Waals surface area contributed by atoms with E-state index in [0.717, 1.165) is 5.56 Å². The molecule has 160 valence electrons. The van der Waals surface area contributed by atoms with E-state index >= 15 is 0 Å². The summed E-state index contributed by atoms with van der Waals surface area (Å²) in [6.45, 7) is 0. The molecule has 3 aromatic carbocycles. The highest BCUT2D eigenvalue weighted by Gasteiger charge is 2.43. The number of aliphatic hydroxyl groups excluding tert-OH is 1. The summed E-state index contributed by atoms with van der Waals surface area (Å²) in [5.74, 6) is -3.10. The van der Waals surface area contributed by atoms with Crippen LogP contribution in [0.15, 0.2) is 108 Å². The number of hydrogen-bond donors (Lipinski definition) is 1. The smallest absolute Gasteiger partial charge is 0.344 e. The zero-order valence-electron chi connectivity index (χ0n) is 17.5. The largest absolute Gasteiger partial charge is 0.504 e. The lowest BCUT2D eigenvalue weighted by Crippen LogP contribution is -2.25. The lowest BCUT2D eigenvalue weighted by Gasteiger charge is -2.26. The molecule has 1 aliphatic heterocycles. The molecule has 0 amide bonds. The maximum atomic E-state index is 13.0. The Bertz CT molecular complexity index is 1160. The highest BCUT2D eigenvalue weighted by atomic mass is 16.6. The minimum atomic E-state index is -0.857. The summed E-state index contributed by atoms with van der Waals surface area (Å²) in [6, 6.07) is 27.4. The average molecular weight is 426 g/mol. The maximum Gasteiger partial charge on any atom is 0.344 e. The fraction of sp³-hybridized carbons (Fsp3) is 0.111. The van der Waals surface area contributed by atoms with E-state index in [1.807, 2.05) is 78.9 Å². The predicted molar refractivity (Wildman–Crippen MR) is 121 cm³/mol. The first-order chi connectivity index (χ1) is 15.6. The first kappa shape index (κ1) is 21.1. The number of rotatable bonds is 6. The molecule has 0 fully saturated rings. The molecule has 5 heteroatoms. The van der Waals surface area contributed by atoms with Crippen LogP contribution < -0.4 is 0 Å². The summed E-state index contributed by atoms with van der Waals surface area (Å²) >= 11 is 0. The van der Waals surface area contributed by atoms with E-state index < -0.39 is 23.8 Å². The standard InChI is InChI=1S/C27H22O5/c1-31-26(29)23(20-15-9-4-10-16-20)22(19-13-7-3-8-14-19)24-25(28)21(32-27(24)30)17-18-11-5-2-6-12-18/h2-17,22-23,28H,1H3/b21-17+/t22-,23+/m0/s1. The van der Waals surface area contributed by atoms with Crippen molar-refractivity contribution in [3.8, 4) is 0 Å². The van der Waals surface area contributed by atoms with E-state index in [-0.39, 0.29) is 17.1 Å². The van der Waals surface area contributed by atoms with Crippen molar-refractivity contribution in [1.29, 1.82) is 0 Å². The number of aliphatic hydroxyl groups is 1. The van der Waals surface area contributed by atoms with Crippen molar-refractivity contribution >= 4 is 18.0 Å². The third-order valence-electron chi connectivity index (χ3n) is 5.43. The van der Waals surface area contributed by atoms with Crippen LogP contribution in [0.3, 0.4) is 0 Å². The Kier molecular flexibility index (Phi) is 6.17. The molecular weight excluding hydrogens is 404 g/mol. The van der Waals surface area contributed by atoms with Crippen molar-refractivity contribution in [3.63, 3.8) is 0 Å². The van der Waals surface area contributed by atoms with Crippen molar-refractivity contribution in [2.75, 3.05) is 7.11 Å². The van der Waals surface area contributed by atoms with Crippen LogP contribution in [-0.2, 0) is 19.1 Å². The second kappa shape index (κ2) is 9.35. The van der Waals surface area contributed by atoms with Gasteiger partial charge in [0.05, 0.1) is 18.6 Å². The number of carbonyl (C=O) groups excluding carboxylic acids is 2. The van der Waals surface area contributed by atoms with Crippen LogP contribution in [-0.4, -0.2) is 24.2 Å².